The van der Waals surface area contributed by atoms with E-state index in [-0.39, 0.29) is 24.2 Å². The molecule has 2 amide bonds. The minimum Gasteiger partial charge on any atom is -0.495 e. The number of benzene rings is 1. The molecule has 1 aromatic rings. The molecule has 6 heteroatoms. The number of likely N-dealkylation sites (tertiary alicyclic amines) is 1. The maximum Gasteiger partial charge on any atom is 0.228 e. The van der Waals surface area contributed by atoms with Gasteiger partial charge in [0.1, 0.15) is 5.75 Å². The van der Waals surface area contributed by atoms with Gasteiger partial charge in [0.2, 0.25) is 11.8 Å². The lowest BCUT2D eigenvalue weighted by molar-refractivity contribution is -0.137. The molecule has 6 nitrogen and oxygen atoms in total. The van der Waals surface area contributed by atoms with Crippen LogP contribution in [0.4, 0.5) is 5.69 Å². The van der Waals surface area contributed by atoms with Crippen molar-refractivity contribution >= 4 is 17.5 Å². The third kappa shape index (κ3) is 3.63. The molecule has 2 saturated heterocycles. The Morgan fingerprint density at radius 3 is 2.68 bits per heavy atom. The Hall–Kier alpha value is -2.08. The molecule has 0 aromatic heterocycles. The molecule has 0 bridgehead atoms. The molecule has 3 rings (SSSR count). The Labute approximate surface area is 148 Å². The van der Waals surface area contributed by atoms with Crippen LogP contribution in [0.3, 0.4) is 0 Å². The van der Waals surface area contributed by atoms with Gasteiger partial charge in [0, 0.05) is 26.1 Å². The third-order valence-electron chi connectivity index (χ3n) is 5.36. The summed E-state index contributed by atoms with van der Waals surface area (Å²) in [7, 11) is 1.60. The van der Waals surface area contributed by atoms with Crippen LogP contribution in [0.25, 0.3) is 0 Å². The molecule has 0 saturated carbocycles. The number of rotatable bonds is 4. The minimum absolute atomic E-state index is 0.0147. The quantitative estimate of drug-likeness (QED) is 0.898. The Kier molecular flexibility index (Phi) is 5.27. The maximum atomic E-state index is 12.8. The van der Waals surface area contributed by atoms with E-state index in [0.717, 1.165) is 37.2 Å². The number of nitrogens with zero attached hydrogens (tertiary/aromatic N) is 2. The van der Waals surface area contributed by atoms with Crippen LogP contribution in [-0.2, 0) is 9.59 Å². The Bertz CT molecular complexity index is 653. The lowest BCUT2D eigenvalue weighted by Crippen LogP contribution is -2.43. The van der Waals surface area contributed by atoms with Crippen molar-refractivity contribution in [1.82, 2.24) is 4.90 Å². The first-order valence-electron chi connectivity index (χ1n) is 8.97. The van der Waals surface area contributed by atoms with Gasteiger partial charge in [0.15, 0.2) is 0 Å². The molecule has 2 aliphatic heterocycles. The Morgan fingerprint density at radius 2 is 2.04 bits per heavy atom. The number of anilines is 1. The molecular weight excluding hydrogens is 318 g/mol. The van der Waals surface area contributed by atoms with Gasteiger partial charge in [-0.1, -0.05) is 6.07 Å². The molecular formula is C19H27N3O3. The molecule has 25 heavy (non-hydrogen) atoms. The lowest BCUT2D eigenvalue weighted by Gasteiger charge is -2.33. The van der Waals surface area contributed by atoms with E-state index in [2.05, 4.69) is 0 Å². The third-order valence-corrected chi connectivity index (χ3v) is 5.36. The lowest BCUT2D eigenvalue weighted by atomic mass is 9.95. The van der Waals surface area contributed by atoms with Gasteiger partial charge < -0.3 is 20.3 Å². The highest BCUT2D eigenvalue weighted by atomic mass is 16.5. The summed E-state index contributed by atoms with van der Waals surface area (Å²) in [6, 6.07) is 5.76. The largest absolute Gasteiger partial charge is 0.495 e. The first-order chi connectivity index (χ1) is 12.0. The van der Waals surface area contributed by atoms with Gasteiger partial charge in [-0.05, 0) is 49.9 Å². The number of carbonyl (C=O) groups excluding carboxylic acids is 2. The minimum atomic E-state index is -0.271. The highest BCUT2D eigenvalue weighted by Crippen LogP contribution is 2.34. The van der Waals surface area contributed by atoms with E-state index in [4.69, 9.17) is 10.5 Å². The fourth-order valence-corrected chi connectivity index (χ4v) is 3.76. The van der Waals surface area contributed by atoms with Crippen molar-refractivity contribution in [3.8, 4) is 5.75 Å². The highest BCUT2D eigenvalue weighted by molar-refractivity contribution is 6.01. The second kappa shape index (κ2) is 7.44. The van der Waals surface area contributed by atoms with Crippen LogP contribution < -0.4 is 15.4 Å². The second-order valence-corrected chi connectivity index (χ2v) is 7.09. The van der Waals surface area contributed by atoms with Crippen LogP contribution >= 0.6 is 0 Å². The number of carbonyl (C=O) groups is 2. The number of methoxy groups -OCH3 is 1. The average Bonchev–Trinajstić information content (AvgIpc) is 3.02. The summed E-state index contributed by atoms with van der Waals surface area (Å²) in [4.78, 5) is 29.0. The predicted octanol–water partition coefficient (Wildman–Crippen LogP) is 1.55. The van der Waals surface area contributed by atoms with Crippen LogP contribution in [0.1, 0.15) is 24.8 Å². The standard InChI is InChI=1S/C19H27N3O3/c1-13-3-4-17(25-2)16(9-13)22-12-15(10-18(22)23)19(24)21-7-5-14(11-20)6-8-21/h3-4,9,14-15H,5-8,10-12,20H2,1-2H3. The first-order valence-corrected chi connectivity index (χ1v) is 8.97. The zero-order valence-electron chi connectivity index (χ0n) is 15.0. The highest BCUT2D eigenvalue weighted by Gasteiger charge is 2.38. The molecule has 136 valence electrons. The number of hydrogen-bond donors (Lipinski definition) is 1. The van der Waals surface area contributed by atoms with Crippen molar-refractivity contribution < 1.29 is 14.3 Å². The number of nitrogens with two attached hydrogens (primary N) is 1. The number of ether oxygens (including phenoxy) is 1. The normalized spacial score (nSPS) is 21.7. The van der Waals surface area contributed by atoms with Crippen LogP contribution in [0.5, 0.6) is 5.75 Å². The molecule has 1 unspecified atom stereocenters. The fraction of sp³-hybridized carbons (Fsp3) is 0.579. The Morgan fingerprint density at radius 1 is 1.32 bits per heavy atom. The molecule has 0 aliphatic carbocycles. The summed E-state index contributed by atoms with van der Waals surface area (Å²) in [5.41, 5.74) is 7.53. The summed E-state index contributed by atoms with van der Waals surface area (Å²) >= 11 is 0. The van der Waals surface area contributed by atoms with Gasteiger partial charge in [-0.25, -0.2) is 0 Å². The summed E-state index contributed by atoms with van der Waals surface area (Å²) in [5.74, 6) is 0.988. The summed E-state index contributed by atoms with van der Waals surface area (Å²) < 4.78 is 5.40. The average molecular weight is 345 g/mol. The van der Waals surface area contributed by atoms with Crippen LogP contribution in [-0.4, -0.2) is 50.0 Å². The number of amides is 2. The molecule has 0 radical (unpaired) electrons. The van der Waals surface area contributed by atoms with Gasteiger partial charge in [0.25, 0.3) is 0 Å². The van der Waals surface area contributed by atoms with E-state index in [1.165, 1.54) is 0 Å². The van der Waals surface area contributed by atoms with Crippen molar-refractivity contribution in [1.29, 1.82) is 0 Å². The van der Waals surface area contributed by atoms with E-state index in [1.54, 1.807) is 12.0 Å². The molecule has 1 atom stereocenters. The van der Waals surface area contributed by atoms with Crippen molar-refractivity contribution in [2.45, 2.75) is 26.2 Å². The van der Waals surface area contributed by atoms with Gasteiger partial charge in [0.05, 0.1) is 18.7 Å². The second-order valence-electron chi connectivity index (χ2n) is 7.09. The molecule has 2 fully saturated rings. The number of piperidine rings is 1. The smallest absolute Gasteiger partial charge is 0.228 e. The molecule has 1 aromatic carbocycles. The van der Waals surface area contributed by atoms with Crippen molar-refractivity contribution in [2.24, 2.45) is 17.6 Å². The molecule has 2 heterocycles. The summed E-state index contributed by atoms with van der Waals surface area (Å²) in [6.07, 6.45) is 2.18. The topological polar surface area (TPSA) is 75.9 Å². The number of aryl methyl sites for hydroxylation is 1. The monoisotopic (exact) mass is 345 g/mol. The van der Waals surface area contributed by atoms with Gasteiger partial charge in [-0.3, -0.25) is 9.59 Å². The number of hydrogen-bond acceptors (Lipinski definition) is 4. The van der Waals surface area contributed by atoms with E-state index < -0.39 is 0 Å². The SMILES string of the molecule is COc1ccc(C)cc1N1CC(C(=O)N2CCC(CN)CC2)CC1=O. The van der Waals surface area contributed by atoms with E-state index in [9.17, 15) is 9.59 Å². The molecule has 0 spiro atoms. The zero-order chi connectivity index (χ0) is 18.0. The van der Waals surface area contributed by atoms with Crippen molar-refractivity contribution in [3.63, 3.8) is 0 Å². The Balaban J connectivity index is 1.70. The predicted molar refractivity (Wildman–Crippen MR) is 96.5 cm³/mol. The van der Waals surface area contributed by atoms with Crippen LogP contribution in [0, 0.1) is 18.8 Å². The van der Waals surface area contributed by atoms with E-state index >= 15 is 0 Å². The van der Waals surface area contributed by atoms with Crippen molar-refractivity contribution in [3.05, 3.63) is 23.8 Å². The van der Waals surface area contributed by atoms with Crippen molar-refractivity contribution in [2.75, 3.05) is 38.2 Å². The van der Waals surface area contributed by atoms with E-state index in [1.807, 2.05) is 30.0 Å². The summed E-state index contributed by atoms with van der Waals surface area (Å²) in [5, 5.41) is 0. The van der Waals surface area contributed by atoms with Crippen LogP contribution in [0.15, 0.2) is 18.2 Å². The van der Waals surface area contributed by atoms with Gasteiger partial charge >= 0.3 is 0 Å². The van der Waals surface area contributed by atoms with E-state index in [0.29, 0.717) is 24.8 Å². The first kappa shape index (κ1) is 17.7. The molecule has 2 N–H and O–H groups in total. The molecule has 2 aliphatic rings. The van der Waals surface area contributed by atoms with Gasteiger partial charge in [-0.15, -0.1) is 0 Å². The van der Waals surface area contributed by atoms with Crippen LogP contribution in [0.2, 0.25) is 0 Å². The van der Waals surface area contributed by atoms with Gasteiger partial charge in [-0.2, -0.15) is 0 Å². The maximum absolute atomic E-state index is 12.8. The fourth-order valence-electron chi connectivity index (χ4n) is 3.76. The zero-order valence-corrected chi connectivity index (χ0v) is 15.0. The summed E-state index contributed by atoms with van der Waals surface area (Å²) in [6.45, 7) is 4.59.